The SMILES string of the molecule is Cc1noc(Cn2cc(Br)cc(C)c2=O)n1. The molecule has 0 aliphatic rings. The van der Waals surface area contributed by atoms with E-state index in [0.717, 1.165) is 4.47 Å². The molecule has 0 aliphatic carbocycles. The van der Waals surface area contributed by atoms with Crippen molar-refractivity contribution in [3.63, 3.8) is 0 Å². The van der Waals surface area contributed by atoms with Gasteiger partial charge in [-0.15, -0.1) is 0 Å². The van der Waals surface area contributed by atoms with E-state index in [2.05, 4.69) is 26.1 Å². The van der Waals surface area contributed by atoms with Crippen LogP contribution in [0.25, 0.3) is 0 Å². The van der Waals surface area contributed by atoms with Crippen molar-refractivity contribution in [2.75, 3.05) is 0 Å². The van der Waals surface area contributed by atoms with E-state index in [1.54, 1.807) is 26.1 Å². The largest absolute Gasteiger partial charge is 0.337 e. The van der Waals surface area contributed by atoms with E-state index in [0.29, 0.717) is 23.8 Å². The van der Waals surface area contributed by atoms with Crippen LogP contribution in [0.4, 0.5) is 0 Å². The molecule has 0 N–H and O–H groups in total. The lowest BCUT2D eigenvalue weighted by atomic mass is 10.3. The second kappa shape index (κ2) is 4.21. The van der Waals surface area contributed by atoms with Crippen LogP contribution in [0, 0.1) is 13.8 Å². The van der Waals surface area contributed by atoms with E-state index in [-0.39, 0.29) is 5.56 Å². The molecule has 6 heteroatoms. The van der Waals surface area contributed by atoms with E-state index < -0.39 is 0 Å². The molecule has 0 atom stereocenters. The molecule has 0 fully saturated rings. The summed E-state index contributed by atoms with van der Waals surface area (Å²) < 4.78 is 7.35. The number of aryl methyl sites for hydroxylation is 2. The van der Waals surface area contributed by atoms with Crippen LogP contribution in [0.5, 0.6) is 0 Å². The Labute approximate surface area is 100 Å². The van der Waals surface area contributed by atoms with Crippen LogP contribution in [0.3, 0.4) is 0 Å². The number of pyridine rings is 1. The second-order valence-electron chi connectivity index (χ2n) is 3.51. The summed E-state index contributed by atoms with van der Waals surface area (Å²) in [5, 5.41) is 3.67. The van der Waals surface area contributed by atoms with Crippen LogP contribution < -0.4 is 5.56 Å². The van der Waals surface area contributed by atoms with Crippen LogP contribution in [0.2, 0.25) is 0 Å². The maximum atomic E-state index is 11.8. The first-order chi connectivity index (χ1) is 7.56. The summed E-state index contributed by atoms with van der Waals surface area (Å²) in [6.07, 6.45) is 1.70. The molecule has 2 aromatic rings. The summed E-state index contributed by atoms with van der Waals surface area (Å²) in [7, 11) is 0. The number of aromatic nitrogens is 3. The first-order valence-electron chi connectivity index (χ1n) is 4.72. The molecule has 2 aromatic heterocycles. The van der Waals surface area contributed by atoms with Crippen molar-refractivity contribution in [3.05, 3.63) is 44.4 Å². The topological polar surface area (TPSA) is 60.9 Å². The van der Waals surface area contributed by atoms with Gasteiger partial charge in [0.15, 0.2) is 5.82 Å². The standard InChI is InChI=1S/C10H10BrN3O2/c1-6-3-8(11)4-14(10(6)15)5-9-12-7(2)13-16-9/h3-4H,5H2,1-2H3. The quantitative estimate of drug-likeness (QED) is 0.841. The maximum Gasteiger partial charge on any atom is 0.253 e. The molecule has 0 bridgehead atoms. The fourth-order valence-corrected chi connectivity index (χ4v) is 2.00. The Morgan fingerprint density at radius 2 is 2.25 bits per heavy atom. The molecule has 0 saturated heterocycles. The molecule has 0 radical (unpaired) electrons. The zero-order valence-electron chi connectivity index (χ0n) is 8.90. The number of halogens is 1. The van der Waals surface area contributed by atoms with Gasteiger partial charge in [0.05, 0.1) is 0 Å². The number of nitrogens with zero attached hydrogens (tertiary/aromatic N) is 3. The van der Waals surface area contributed by atoms with Gasteiger partial charge in [0.25, 0.3) is 5.56 Å². The monoisotopic (exact) mass is 283 g/mol. The fraction of sp³-hybridized carbons (Fsp3) is 0.300. The van der Waals surface area contributed by atoms with Crippen molar-refractivity contribution in [1.29, 1.82) is 0 Å². The minimum atomic E-state index is -0.0564. The molecule has 0 saturated carbocycles. The molecular weight excluding hydrogens is 274 g/mol. The van der Waals surface area contributed by atoms with Crippen LogP contribution >= 0.6 is 15.9 Å². The van der Waals surface area contributed by atoms with E-state index in [4.69, 9.17) is 4.52 Å². The molecule has 0 aromatic carbocycles. The molecule has 16 heavy (non-hydrogen) atoms. The minimum absolute atomic E-state index is 0.0564. The Morgan fingerprint density at radius 3 is 2.88 bits per heavy atom. The Kier molecular flexibility index (Phi) is 2.91. The highest BCUT2D eigenvalue weighted by atomic mass is 79.9. The van der Waals surface area contributed by atoms with E-state index >= 15 is 0 Å². The van der Waals surface area contributed by atoms with Gasteiger partial charge in [-0.05, 0) is 35.8 Å². The number of hydrogen-bond donors (Lipinski definition) is 0. The highest BCUT2D eigenvalue weighted by Crippen LogP contribution is 2.09. The summed E-state index contributed by atoms with van der Waals surface area (Å²) in [4.78, 5) is 15.8. The van der Waals surface area contributed by atoms with Gasteiger partial charge in [-0.3, -0.25) is 4.79 Å². The third-order valence-electron chi connectivity index (χ3n) is 2.11. The predicted octanol–water partition coefficient (Wildman–Crippen LogP) is 1.66. The van der Waals surface area contributed by atoms with Gasteiger partial charge in [0.1, 0.15) is 6.54 Å². The van der Waals surface area contributed by atoms with Crippen LogP contribution in [-0.4, -0.2) is 14.7 Å². The first kappa shape index (κ1) is 11.1. The van der Waals surface area contributed by atoms with Crippen molar-refractivity contribution in [3.8, 4) is 0 Å². The van der Waals surface area contributed by atoms with E-state index in [1.807, 2.05) is 0 Å². The smallest absolute Gasteiger partial charge is 0.253 e. The lowest BCUT2D eigenvalue weighted by molar-refractivity contribution is 0.366. The van der Waals surface area contributed by atoms with Gasteiger partial charge in [0.2, 0.25) is 5.89 Å². The zero-order valence-corrected chi connectivity index (χ0v) is 10.5. The van der Waals surface area contributed by atoms with E-state index in [9.17, 15) is 4.79 Å². The molecule has 2 heterocycles. The highest BCUT2D eigenvalue weighted by molar-refractivity contribution is 9.10. The van der Waals surface area contributed by atoms with Gasteiger partial charge >= 0.3 is 0 Å². The first-order valence-corrected chi connectivity index (χ1v) is 5.51. The van der Waals surface area contributed by atoms with Gasteiger partial charge in [-0.25, -0.2) is 0 Å². The molecule has 5 nitrogen and oxygen atoms in total. The second-order valence-corrected chi connectivity index (χ2v) is 4.43. The zero-order chi connectivity index (χ0) is 11.7. The van der Waals surface area contributed by atoms with Crippen molar-refractivity contribution in [1.82, 2.24) is 14.7 Å². The van der Waals surface area contributed by atoms with Gasteiger partial charge in [0, 0.05) is 16.2 Å². The van der Waals surface area contributed by atoms with Gasteiger partial charge in [-0.2, -0.15) is 4.98 Å². The maximum absolute atomic E-state index is 11.8. The number of rotatable bonds is 2. The Morgan fingerprint density at radius 1 is 1.50 bits per heavy atom. The van der Waals surface area contributed by atoms with Crippen molar-refractivity contribution >= 4 is 15.9 Å². The molecule has 2 rings (SSSR count). The molecule has 84 valence electrons. The molecule has 0 spiro atoms. The Balaban J connectivity index is 2.38. The molecular formula is C10H10BrN3O2. The number of hydrogen-bond acceptors (Lipinski definition) is 4. The third kappa shape index (κ3) is 2.21. The van der Waals surface area contributed by atoms with Crippen molar-refractivity contribution in [2.24, 2.45) is 0 Å². The van der Waals surface area contributed by atoms with Crippen molar-refractivity contribution in [2.45, 2.75) is 20.4 Å². The predicted molar refractivity (Wildman–Crippen MR) is 61.3 cm³/mol. The lowest BCUT2D eigenvalue weighted by Crippen LogP contribution is -2.22. The minimum Gasteiger partial charge on any atom is -0.337 e. The lowest BCUT2D eigenvalue weighted by Gasteiger charge is -2.04. The fourth-order valence-electron chi connectivity index (χ4n) is 1.41. The Hall–Kier alpha value is -1.43. The summed E-state index contributed by atoms with van der Waals surface area (Å²) in [5.41, 5.74) is 0.615. The third-order valence-corrected chi connectivity index (χ3v) is 2.54. The molecule has 0 unspecified atom stereocenters. The van der Waals surface area contributed by atoms with E-state index in [1.165, 1.54) is 4.57 Å². The van der Waals surface area contributed by atoms with Crippen LogP contribution in [0.1, 0.15) is 17.3 Å². The summed E-state index contributed by atoms with van der Waals surface area (Å²) in [6.45, 7) is 3.80. The summed E-state index contributed by atoms with van der Waals surface area (Å²) in [6, 6.07) is 1.78. The average Bonchev–Trinajstić information content (AvgIpc) is 2.60. The Bertz CT molecular complexity index is 574. The average molecular weight is 284 g/mol. The summed E-state index contributed by atoms with van der Waals surface area (Å²) >= 11 is 3.34. The normalized spacial score (nSPS) is 10.7. The van der Waals surface area contributed by atoms with Crippen LogP contribution in [0.15, 0.2) is 26.1 Å². The van der Waals surface area contributed by atoms with Crippen molar-refractivity contribution < 1.29 is 4.52 Å². The highest BCUT2D eigenvalue weighted by Gasteiger charge is 2.07. The van der Waals surface area contributed by atoms with Gasteiger partial charge < -0.3 is 9.09 Å². The molecule has 0 aliphatic heterocycles. The molecule has 0 amide bonds. The van der Waals surface area contributed by atoms with Gasteiger partial charge in [-0.1, -0.05) is 5.16 Å². The van der Waals surface area contributed by atoms with Crippen LogP contribution in [-0.2, 0) is 6.54 Å². The summed E-state index contributed by atoms with van der Waals surface area (Å²) in [5.74, 6) is 0.992.